The minimum Gasteiger partial charge on any atom is -0.318 e. The van der Waals surface area contributed by atoms with Crippen LogP contribution in [0.4, 0.5) is 0 Å². The maximum Gasteiger partial charge on any atom is 0.215 e. The van der Waals surface area contributed by atoms with Crippen LogP contribution in [0.2, 0.25) is 0 Å². The average Bonchev–Trinajstić information content (AvgIpc) is 2.29. The normalized spacial score (nSPS) is 27.1. The van der Waals surface area contributed by atoms with Gasteiger partial charge >= 0.3 is 0 Å². The van der Waals surface area contributed by atoms with Gasteiger partial charge in [0.05, 0.1) is 5.25 Å². The van der Waals surface area contributed by atoms with Crippen molar-refractivity contribution in [1.82, 2.24) is 10.0 Å². The van der Waals surface area contributed by atoms with Gasteiger partial charge in [-0.1, -0.05) is 26.2 Å². The molecule has 1 fully saturated rings. The first kappa shape index (κ1) is 15.9. The molecule has 0 heterocycles. The summed E-state index contributed by atoms with van der Waals surface area (Å²) in [6.07, 6.45) is 6.14. The lowest BCUT2D eigenvalue weighted by molar-refractivity contribution is 0.271. The smallest absolute Gasteiger partial charge is 0.215 e. The molecule has 0 radical (unpaired) electrons. The Bertz CT molecular complexity index is 330. The summed E-state index contributed by atoms with van der Waals surface area (Å²) in [6.45, 7) is 5.12. The zero-order valence-electron chi connectivity index (χ0n) is 11.9. The molecule has 5 heteroatoms. The van der Waals surface area contributed by atoms with Crippen LogP contribution in [0.15, 0.2) is 0 Å². The van der Waals surface area contributed by atoms with Crippen molar-refractivity contribution in [1.29, 1.82) is 0 Å². The zero-order chi connectivity index (χ0) is 13.6. The molecule has 0 saturated heterocycles. The molecule has 0 aliphatic heterocycles. The lowest BCUT2D eigenvalue weighted by Gasteiger charge is -2.26. The number of hydrogen-bond donors (Lipinski definition) is 2. The average molecular weight is 276 g/mol. The van der Waals surface area contributed by atoms with Crippen LogP contribution in [0.25, 0.3) is 0 Å². The first-order valence-corrected chi connectivity index (χ1v) is 8.63. The third kappa shape index (κ3) is 5.24. The molecule has 3 atom stereocenters. The number of hydrogen-bond acceptors (Lipinski definition) is 3. The lowest BCUT2D eigenvalue weighted by atomic mass is 9.81. The Balaban J connectivity index is 2.28. The molecule has 0 bridgehead atoms. The van der Waals surface area contributed by atoms with Gasteiger partial charge in [0.2, 0.25) is 10.0 Å². The van der Waals surface area contributed by atoms with Crippen LogP contribution in [0.5, 0.6) is 0 Å². The van der Waals surface area contributed by atoms with E-state index < -0.39 is 10.0 Å². The van der Waals surface area contributed by atoms with Gasteiger partial charge in [-0.2, -0.15) is 0 Å². The van der Waals surface area contributed by atoms with Gasteiger partial charge in [0, 0.05) is 13.1 Å². The second kappa shape index (κ2) is 7.46. The molecular formula is C13H28N2O2S. The standard InChI is InChI=1S/C13H28N2O2S/c1-11-5-4-6-13(9-11)7-8-15-18(16,17)12(2)10-14-3/h11-15H,4-10H2,1-3H3. The summed E-state index contributed by atoms with van der Waals surface area (Å²) in [5.74, 6) is 1.51. The van der Waals surface area contributed by atoms with E-state index in [-0.39, 0.29) is 5.25 Å². The van der Waals surface area contributed by atoms with E-state index in [0.29, 0.717) is 19.0 Å². The Morgan fingerprint density at radius 1 is 1.33 bits per heavy atom. The van der Waals surface area contributed by atoms with Gasteiger partial charge < -0.3 is 5.32 Å². The van der Waals surface area contributed by atoms with E-state index >= 15 is 0 Å². The fourth-order valence-corrected chi connectivity index (χ4v) is 3.84. The SMILES string of the molecule is CNCC(C)S(=O)(=O)NCCC1CCCC(C)C1. The van der Waals surface area contributed by atoms with Crippen LogP contribution in [-0.2, 0) is 10.0 Å². The number of rotatable bonds is 7. The number of nitrogens with one attached hydrogen (secondary N) is 2. The van der Waals surface area contributed by atoms with E-state index in [1.807, 2.05) is 0 Å². The van der Waals surface area contributed by atoms with Crippen LogP contribution in [0.1, 0.15) is 46.0 Å². The molecule has 2 N–H and O–H groups in total. The molecule has 1 aliphatic carbocycles. The maximum atomic E-state index is 11.9. The van der Waals surface area contributed by atoms with Crippen LogP contribution in [0.3, 0.4) is 0 Å². The Hall–Kier alpha value is -0.130. The van der Waals surface area contributed by atoms with Crippen molar-refractivity contribution in [3.8, 4) is 0 Å². The van der Waals surface area contributed by atoms with Crippen LogP contribution < -0.4 is 10.0 Å². The van der Waals surface area contributed by atoms with Gasteiger partial charge in [-0.05, 0) is 38.6 Å². The second-order valence-electron chi connectivity index (χ2n) is 5.73. The highest BCUT2D eigenvalue weighted by atomic mass is 32.2. The lowest BCUT2D eigenvalue weighted by Crippen LogP contribution is -2.39. The topological polar surface area (TPSA) is 58.2 Å². The third-order valence-corrected chi connectivity index (χ3v) is 5.75. The van der Waals surface area contributed by atoms with E-state index in [9.17, 15) is 8.42 Å². The van der Waals surface area contributed by atoms with Crippen molar-refractivity contribution in [2.45, 2.75) is 51.2 Å². The highest BCUT2D eigenvalue weighted by molar-refractivity contribution is 7.90. The van der Waals surface area contributed by atoms with E-state index in [1.165, 1.54) is 25.7 Å². The summed E-state index contributed by atoms with van der Waals surface area (Å²) in [4.78, 5) is 0. The van der Waals surface area contributed by atoms with Crippen LogP contribution in [0, 0.1) is 11.8 Å². The van der Waals surface area contributed by atoms with E-state index in [1.54, 1.807) is 14.0 Å². The zero-order valence-corrected chi connectivity index (χ0v) is 12.7. The molecule has 18 heavy (non-hydrogen) atoms. The highest BCUT2D eigenvalue weighted by Crippen LogP contribution is 2.30. The van der Waals surface area contributed by atoms with Crippen molar-refractivity contribution >= 4 is 10.0 Å². The van der Waals surface area contributed by atoms with E-state index in [2.05, 4.69) is 17.0 Å². The predicted octanol–water partition coefficient (Wildman–Crippen LogP) is 1.73. The first-order valence-electron chi connectivity index (χ1n) is 7.08. The maximum absolute atomic E-state index is 11.9. The molecule has 108 valence electrons. The molecule has 0 aromatic carbocycles. The van der Waals surface area contributed by atoms with Crippen molar-refractivity contribution in [2.75, 3.05) is 20.1 Å². The molecule has 0 aromatic rings. The van der Waals surface area contributed by atoms with Crippen molar-refractivity contribution in [3.63, 3.8) is 0 Å². The second-order valence-corrected chi connectivity index (χ2v) is 7.92. The molecule has 1 rings (SSSR count). The van der Waals surface area contributed by atoms with Crippen molar-refractivity contribution in [3.05, 3.63) is 0 Å². The van der Waals surface area contributed by atoms with Gasteiger partial charge in [-0.3, -0.25) is 0 Å². The Kier molecular flexibility index (Phi) is 6.60. The van der Waals surface area contributed by atoms with Crippen molar-refractivity contribution in [2.24, 2.45) is 11.8 Å². The fourth-order valence-electron chi connectivity index (χ4n) is 2.77. The summed E-state index contributed by atoms with van der Waals surface area (Å²) in [5.41, 5.74) is 0. The molecular weight excluding hydrogens is 248 g/mol. The molecule has 0 aromatic heterocycles. The van der Waals surface area contributed by atoms with E-state index in [4.69, 9.17) is 0 Å². The molecule has 3 unspecified atom stereocenters. The molecule has 1 aliphatic rings. The summed E-state index contributed by atoms with van der Waals surface area (Å²) in [6, 6.07) is 0. The largest absolute Gasteiger partial charge is 0.318 e. The molecule has 1 saturated carbocycles. The van der Waals surface area contributed by atoms with Gasteiger partial charge in [0.25, 0.3) is 0 Å². The highest BCUT2D eigenvalue weighted by Gasteiger charge is 2.22. The molecule has 4 nitrogen and oxygen atoms in total. The minimum absolute atomic E-state index is 0.368. The predicted molar refractivity (Wildman–Crippen MR) is 76.1 cm³/mol. The summed E-state index contributed by atoms with van der Waals surface area (Å²) in [7, 11) is -1.38. The summed E-state index contributed by atoms with van der Waals surface area (Å²) >= 11 is 0. The molecule has 0 amide bonds. The van der Waals surface area contributed by atoms with Crippen LogP contribution in [-0.4, -0.2) is 33.8 Å². The Morgan fingerprint density at radius 2 is 2.06 bits per heavy atom. The quantitative estimate of drug-likeness (QED) is 0.744. The molecule has 0 spiro atoms. The van der Waals surface area contributed by atoms with Gasteiger partial charge in [0.1, 0.15) is 0 Å². The number of sulfonamides is 1. The van der Waals surface area contributed by atoms with E-state index in [0.717, 1.165) is 12.3 Å². The minimum atomic E-state index is -3.15. The summed E-state index contributed by atoms with van der Waals surface area (Å²) in [5, 5.41) is 2.53. The van der Waals surface area contributed by atoms with Gasteiger partial charge in [-0.25, -0.2) is 13.1 Å². The van der Waals surface area contributed by atoms with Crippen LogP contribution >= 0.6 is 0 Å². The van der Waals surface area contributed by atoms with Gasteiger partial charge in [-0.15, -0.1) is 0 Å². The third-order valence-electron chi connectivity index (χ3n) is 3.92. The summed E-state index contributed by atoms with van der Waals surface area (Å²) < 4.78 is 26.5. The Labute approximate surface area is 112 Å². The van der Waals surface area contributed by atoms with Crippen molar-refractivity contribution < 1.29 is 8.42 Å². The van der Waals surface area contributed by atoms with Gasteiger partial charge in [0.15, 0.2) is 0 Å². The Morgan fingerprint density at radius 3 is 2.67 bits per heavy atom. The monoisotopic (exact) mass is 276 g/mol. The fraction of sp³-hybridized carbons (Fsp3) is 1.00. The first-order chi connectivity index (χ1) is 8.45.